The molecule has 1 aliphatic carbocycles. The fraction of sp³-hybridized carbons (Fsp3) is 0.562. The summed E-state index contributed by atoms with van der Waals surface area (Å²) in [6.07, 6.45) is 4.53. The van der Waals surface area contributed by atoms with Gasteiger partial charge in [0.15, 0.2) is 0 Å². The molecule has 0 aliphatic heterocycles. The van der Waals surface area contributed by atoms with Crippen molar-refractivity contribution >= 4 is 11.6 Å². The normalized spacial score (nSPS) is 16.2. The molecule has 0 radical (unpaired) electrons. The van der Waals surface area contributed by atoms with Crippen molar-refractivity contribution in [2.45, 2.75) is 51.5 Å². The average molecular weight is 296 g/mol. The smallest absolute Gasteiger partial charge is 0.251 e. The summed E-state index contributed by atoms with van der Waals surface area (Å²) < 4.78 is 27.8. The van der Waals surface area contributed by atoms with Gasteiger partial charge in [0, 0.05) is 17.6 Å². The molecule has 0 heterocycles. The molecular formula is C16H22F2N2O. The van der Waals surface area contributed by atoms with E-state index in [0.717, 1.165) is 44.2 Å². The van der Waals surface area contributed by atoms with E-state index in [1.807, 2.05) is 13.8 Å². The van der Waals surface area contributed by atoms with Crippen LogP contribution in [0.25, 0.3) is 0 Å². The maximum atomic E-state index is 13.9. The van der Waals surface area contributed by atoms with Crippen LogP contribution >= 0.6 is 0 Å². The molecule has 116 valence electrons. The van der Waals surface area contributed by atoms with Crippen molar-refractivity contribution in [3.63, 3.8) is 0 Å². The van der Waals surface area contributed by atoms with Gasteiger partial charge < -0.3 is 10.6 Å². The van der Waals surface area contributed by atoms with Gasteiger partial charge in [-0.1, -0.05) is 13.8 Å². The Morgan fingerprint density at radius 3 is 2.29 bits per heavy atom. The molecule has 1 aromatic carbocycles. The zero-order valence-electron chi connectivity index (χ0n) is 12.6. The van der Waals surface area contributed by atoms with Crippen molar-refractivity contribution < 1.29 is 13.6 Å². The van der Waals surface area contributed by atoms with Gasteiger partial charge in [0.1, 0.15) is 17.3 Å². The second-order valence-corrected chi connectivity index (χ2v) is 5.68. The summed E-state index contributed by atoms with van der Waals surface area (Å²) >= 11 is 0. The van der Waals surface area contributed by atoms with Crippen LogP contribution in [0.1, 0.15) is 56.3 Å². The molecular weight excluding hydrogens is 274 g/mol. The van der Waals surface area contributed by atoms with Crippen LogP contribution in [0.2, 0.25) is 0 Å². The molecule has 0 unspecified atom stereocenters. The molecule has 3 nitrogen and oxygen atoms in total. The zero-order chi connectivity index (χ0) is 15.5. The largest absolute Gasteiger partial charge is 0.380 e. The lowest BCUT2D eigenvalue weighted by atomic mass is 9.74. The van der Waals surface area contributed by atoms with E-state index in [4.69, 9.17) is 0 Å². The number of rotatable bonds is 6. The predicted octanol–water partition coefficient (Wildman–Crippen LogP) is 3.85. The second kappa shape index (κ2) is 6.41. The summed E-state index contributed by atoms with van der Waals surface area (Å²) in [6.45, 7) is 4.41. The summed E-state index contributed by atoms with van der Waals surface area (Å²) in [5.41, 5.74) is -0.322. The summed E-state index contributed by atoms with van der Waals surface area (Å²) in [4.78, 5) is 12.2. The number of carbonyl (C=O) groups excluding carboxylic acids is 1. The summed E-state index contributed by atoms with van der Waals surface area (Å²) in [5.74, 6) is -1.86. The summed E-state index contributed by atoms with van der Waals surface area (Å²) in [5, 5.41) is 5.62. The topological polar surface area (TPSA) is 41.1 Å². The minimum atomic E-state index is -0.729. The van der Waals surface area contributed by atoms with Crippen LogP contribution in [-0.4, -0.2) is 18.0 Å². The number of nitrogens with one attached hydrogen (secondary N) is 2. The van der Waals surface area contributed by atoms with Gasteiger partial charge in [0.2, 0.25) is 0 Å². The number of hydrogen-bond donors (Lipinski definition) is 2. The lowest BCUT2D eigenvalue weighted by molar-refractivity contribution is 0.0819. The average Bonchev–Trinajstić information content (AvgIpc) is 2.41. The van der Waals surface area contributed by atoms with Crippen molar-refractivity contribution in [1.82, 2.24) is 5.32 Å². The lowest BCUT2D eigenvalue weighted by Crippen LogP contribution is -2.53. The first-order valence-electron chi connectivity index (χ1n) is 7.57. The van der Waals surface area contributed by atoms with E-state index in [1.165, 1.54) is 0 Å². The molecule has 2 rings (SSSR count). The van der Waals surface area contributed by atoms with Crippen LogP contribution in [0.3, 0.4) is 0 Å². The van der Waals surface area contributed by atoms with E-state index < -0.39 is 17.5 Å². The van der Waals surface area contributed by atoms with Gasteiger partial charge in [-0.3, -0.25) is 4.79 Å². The fourth-order valence-corrected chi connectivity index (χ4v) is 2.61. The maximum absolute atomic E-state index is 13.9. The number of anilines is 1. The number of benzene rings is 1. The molecule has 1 aliphatic rings. The Morgan fingerprint density at radius 2 is 1.86 bits per heavy atom. The van der Waals surface area contributed by atoms with Crippen molar-refractivity contribution in [3.8, 4) is 0 Å². The third kappa shape index (κ3) is 3.34. The van der Waals surface area contributed by atoms with Crippen LogP contribution in [-0.2, 0) is 0 Å². The first kappa shape index (κ1) is 15.7. The van der Waals surface area contributed by atoms with Gasteiger partial charge in [0.25, 0.3) is 5.91 Å². The number of amides is 1. The van der Waals surface area contributed by atoms with Crippen molar-refractivity contribution in [1.29, 1.82) is 0 Å². The summed E-state index contributed by atoms with van der Waals surface area (Å²) in [6, 6.07) is 2.19. The number of carbonyl (C=O) groups is 1. The molecule has 2 N–H and O–H groups in total. The minimum absolute atomic E-state index is 0.0340. The third-order valence-corrected chi connectivity index (χ3v) is 4.22. The molecule has 0 saturated heterocycles. The molecule has 1 fully saturated rings. The van der Waals surface area contributed by atoms with E-state index in [-0.39, 0.29) is 16.8 Å². The van der Waals surface area contributed by atoms with Crippen molar-refractivity contribution in [3.05, 3.63) is 29.3 Å². The Bertz CT molecular complexity index is 498. The molecule has 21 heavy (non-hydrogen) atoms. The van der Waals surface area contributed by atoms with Crippen LogP contribution in [0.4, 0.5) is 14.5 Å². The Balaban J connectivity index is 2.15. The minimum Gasteiger partial charge on any atom is -0.380 e. The SMILES string of the molecule is CCCNc1c(F)cc(C(=O)NC2(CC)CCC2)cc1F. The lowest BCUT2D eigenvalue weighted by Gasteiger charge is -2.42. The highest BCUT2D eigenvalue weighted by Gasteiger charge is 2.36. The van der Waals surface area contributed by atoms with Crippen LogP contribution in [0.5, 0.6) is 0 Å². The van der Waals surface area contributed by atoms with Gasteiger partial charge in [-0.05, 0) is 44.2 Å². The Labute approximate surface area is 124 Å². The van der Waals surface area contributed by atoms with Gasteiger partial charge >= 0.3 is 0 Å². The first-order valence-corrected chi connectivity index (χ1v) is 7.57. The highest BCUT2D eigenvalue weighted by molar-refractivity contribution is 5.95. The standard InChI is InChI=1S/C16H22F2N2O/c1-3-8-19-14-12(17)9-11(10-13(14)18)15(21)20-16(4-2)6-5-7-16/h9-10,19H,3-8H2,1-2H3,(H,20,21). The molecule has 1 amide bonds. The van der Waals surface area contributed by atoms with E-state index in [1.54, 1.807) is 0 Å². The zero-order valence-corrected chi connectivity index (χ0v) is 12.6. The van der Waals surface area contributed by atoms with Crippen LogP contribution < -0.4 is 10.6 Å². The Morgan fingerprint density at radius 1 is 1.24 bits per heavy atom. The van der Waals surface area contributed by atoms with Gasteiger partial charge in [0.05, 0.1) is 0 Å². The third-order valence-electron chi connectivity index (χ3n) is 4.22. The molecule has 0 spiro atoms. The molecule has 5 heteroatoms. The maximum Gasteiger partial charge on any atom is 0.251 e. The van der Waals surface area contributed by atoms with Gasteiger partial charge in [-0.15, -0.1) is 0 Å². The van der Waals surface area contributed by atoms with Crippen LogP contribution in [0, 0.1) is 11.6 Å². The van der Waals surface area contributed by atoms with Crippen molar-refractivity contribution in [2.24, 2.45) is 0 Å². The quantitative estimate of drug-likeness (QED) is 0.837. The molecule has 0 atom stereocenters. The monoisotopic (exact) mass is 296 g/mol. The number of hydrogen-bond acceptors (Lipinski definition) is 2. The van der Waals surface area contributed by atoms with Gasteiger partial charge in [-0.25, -0.2) is 8.78 Å². The van der Waals surface area contributed by atoms with Crippen LogP contribution in [0.15, 0.2) is 12.1 Å². The van der Waals surface area contributed by atoms with E-state index in [2.05, 4.69) is 10.6 Å². The fourth-order valence-electron chi connectivity index (χ4n) is 2.61. The molecule has 1 aromatic rings. The molecule has 0 bridgehead atoms. The Hall–Kier alpha value is -1.65. The molecule has 0 aromatic heterocycles. The highest BCUT2D eigenvalue weighted by Crippen LogP contribution is 2.35. The highest BCUT2D eigenvalue weighted by atomic mass is 19.1. The predicted molar refractivity (Wildman–Crippen MR) is 79.5 cm³/mol. The van der Waals surface area contributed by atoms with Crippen molar-refractivity contribution in [2.75, 3.05) is 11.9 Å². The van der Waals surface area contributed by atoms with E-state index in [9.17, 15) is 13.6 Å². The van der Waals surface area contributed by atoms with E-state index >= 15 is 0 Å². The first-order chi connectivity index (χ1) is 10.0. The van der Waals surface area contributed by atoms with Gasteiger partial charge in [-0.2, -0.15) is 0 Å². The summed E-state index contributed by atoms with van der Waals surface area (Å²) in [7, 11) is 0. The van der Waals surface area contributed by atoms with E-state index in [0.29, 0.717) is 6.54 Å². The Kier molecular flexibility index (Phi) is 4.80. The number of halogens is 2. The molecule has 1 saturated carbocycles. The second-order valence-electron chi connectivity index (χ2n) is 5.68.